The maximum absolute atomic E-state index is 5.92. The predicted octanol–water partition coefficient (Wildman–Crippen LogP) is 2.10. The summed E-state index contributed by atoms with van der Waals surface area (Å²) in [4.78, 5) is 6.74. The van der Waals surface area contributed by atoms with Crippen LogP contribution in [0.4, 0.5) is 5.82 Å². The minimum atomic E-state index is -0.135. The monoisotopic (exact) mass is 249 g/mol. The number of hydrogen-bond donors (Lipinski definition) is 1. The SMILES string of the molecule is CC1CN(c2cc([C@@H](C)N)ccn2)CC(C)(C)O1. The Balaban J connectivity index is 2.23. The maximum Gasteiger partial charge on any atom is 0.128 e. The van der Waals surface area contributed by atoms with E-state index >= 15 is 0 Å². The highest BCUT2D eigenvalue weighted by molar-refractivity contribution is 5.43. The Morgan fingerprint density at radius 3 is 2.89 bits per heavy atom. The van der Waals surface area contributed by atoms with Gasteiger partial charge in [-0.2, -0.15) is 0 Å². The van der Waals surface area contributed by atoms with Crippen molar-refractivity contribution in [3.63, 3.8) is 0 Å². The van der Waals surface area contributed by atoms with Crippen LogP contribution in [-0.2, 0) is 4.74 Å². The van der Waals surface area contributed by atoms with E-state index in [0.29, 0.717) is 0 Å². The van der Waals surface area contributed by atoms with Gasteiger partial charge in [0.2, 0.25) is 0 Å². The van der Waals surface area contributed by atoms with Crippen molar-refractivity contribution in [1.82, 2.24) is 4.98 Å². The fourth-order valence-electron chi connectivity index (χ4n) is 2.52. The van der Waals surface area contributed by atoms with Crippen LogP contribution in [0.5, 0.6) is 0 Å². The third-order valence-corrected chi connectivity index (χ3v) is 3.19. The van der Waals surface area contributed by atoms with E-state index in [4.69, 9.17) is 10.5 Å². The van der Waals surface area contributed by atoms with Crippen LogP contribution in [0.1, 0.15) is 39.3 Å². The topological polar surface area (TPSA) is 51.4 Å². The van der Waals surface area contributed by atoms with Gasteiger partial charge < -0.3 is 15.4 Å². The Labute approximate surface area is 109 Å². The number of nitrogens with two attached hydrogens (primary N) is 1. The molecule has 0 radical (unpaired) electrons. The molecule has 1 fully saturated rings. The first-order valence-corrected chi connectivity index (χ1v) is 6.52. The molecule has 2 heterocycles. The molecule has 0 amide bonds. The fourth-order valence-corrected chi connectivity index (χ4v) is 2.52. The minimum absolute atomic E-state index is 0.0400. The number of aromatic nitrogens is 1. The molecule has 1 saturated heterocycles. The van der Waals surface area contributed by atoms with E-state index in [9.17, 15) is 0 Å². The van der Waals surface area contributed by atoms with Crippen LogP contribution in [0.3, 0.4) is 0 Å². The predicted molar refractivity (Wildman–Crippen MR) is 73.7 cm³/mol. The molecule has 4 heteroatoms. The van der Waals surface area contributed by atoms with Gasteiger partial charge >= 0.3 is 0 Å². The van der Waals surface area contributed by atoms with Gasteiger partial charge in [-0.05, 0) is 45.4 Å². The van der Waals surface area contributed by atoms with Crippen molar-refractivity contribution < 1.29 is 4.74 Å². The summed E-state index contributed by atoms with van der Waals surface area (Å²) >= 11 is 0. The lowest BCUT2D eigenvalue weighted by Gasteiger charge is -2.42. The first kappa shape index (κ1) is 13.3. The molecule has 0 bridgehead atoms. The first-order valence-electron chi connectivity index (χ1n) is 6.52. The Kier molecular flexibility index (Phi) is 3.59. The molecule has 0 saturated carbocycles. The molecular formula is C14H23N3O. The van der Waals surface area contributed by atoms with E-state index in [0.717, 1.165) is 24.5 Å². The molecule has 1 aromatic heterocycles. The summed E-state index contributed by atoms with van der Waals surface area (Å²) in [7, 11) is 0. The fraction of sp³-hybridized carbons (Fsp3) is 0.643. The van der Waals surface area contributed by atoms with Gasteiger partial charge in [-0.1, -0.05) is 0 Å². The van der Waals surface area contributed by atoms with Crippen LogP contribution in [-0.4, -0.2) is 29.8 Å². The van der Waals surface area contributed by atoms with E-state index in [1.165, 1.54) is 0 Å². The van der Waals surface area contributed by atoms with Crippen molar-refractivity contribution in [2.24, 2.45) is 5.73 Å². The number of ether oxygens (including phenoxy) is 1. The Morgan fingerprint density at radius 2 is 2.28 bits per heavy atom. The maximum atomic E-state index is 5.92. The molecule has 2 N–H and O–H groups in total. The van der Waals surface area contributed by atoms with Crippen molar-refractivity contribution in [2.75, 3.05) is 18.0 Å². The second-order valence-electron chi connectivity index (χ2n) is 5.80. The molecule has 4 nitrogen and oxygen atoms in total. The molecule has 18 heavy (non-hydrogen) atoms. The molecular weight excluding hydrogens is 226 g/mol. The van der Waals surface area contributed by atoms with Crippen molar-refractivity contribution in [3.05, 3.63) is 23.9 Å². The second-order valence-corrected chi connectivity index (χ2v) is 5.80. The third-order valence-electron chi connectivity index (χ3n) is 3.19. The molecule has 100 valence electrons. The normalized spacial score (nSPS) is 24.9. The number of pyridine rings is 1. The van der Waals surface area contributed by atoms with Crippen molar-refractivity contribution >= 4 is 5.82 Å². The van der Waals surface area contributed by atoms with Crippen LogP contribution in [0.15, 0.2) is 18.3 Å². The quantitative estimate of drug-likeness (QED) is 0.872. The van der Waals surface area contributed by atoms with Crippen LogP contribution in [0.2, 0.25) is 0 Å². The van der Waals surface area contributed by atoms with Crippen LogP contribution in [0.25, 0.3) is 0 Å². The first-order chi connectivity index (χ1) is 8.37. The van der Waals surface area contributed by atoms with E-state index in [2.05, 4.69) is 36.7 Å². The van der Waals surface area contributed by atoms with Crippen molar-refractivity contribution in [3.8, 4) is 0 Å². The van der Waals surface area contributed by atoms with E-state index in [1.807, 2.05) is 19.2 Å². The highest BCUT2D eigenvalue weighted by Gasteiger charge is 2.31. The lowest BCUT2D eigenvalue weighted by atomic mass is 10.0. The standard InChI is InChI=1S/C14H23N3O/c1-10-8-17(9-14(3,4)18-10)13-7-12(11(2)15)5-6-16-13/h5-7,10-11H,8-9,15H2,1-4H3/t10?,11-/m1/s1. The average molecular weight is 249 g/mol. The summed E-state index contributed by atoms with van der Waals surface area (Å²) in [6, 6.07) is 4.10. The Bertz CT molecular complexity index is 417. The third kappa shape index (κ3) is 3.00. The molecule has 1 aliphatic rings. The summed E-state index contributed by atoms with van der Waals surface area (Å²) < 4.78 is 5.91. The van der Waals surface area contributed by atoms with Crippen molar-refractivity contribution in [2.45, 2.75) is 45.4 Å². The zero-order valence-corrected chi connectivity index (χ0v) is 11.7. The molecule has 1 unspecified atom stereocenters. The van der Waals surface area contributed by atoms with Crippen LogP contribution < -0.4 is 10.6 Å². The minimum Gasteiger partial charge on any atom is -0.369 e. The summed E-state index contributed by atoms with van der Waals surface area (Å²) in [6.45, 7) is 10.1. The summed E-state index contributed by atoms with van der Waals surface area (Å²) in [6.07, 6.45) is 2.05. The number of rotatable bonds is 2. The average Bonchev–Trinajstić information content (AvgIpc) is 2.26. The number of anilines is 1. The van der Waals surface area contributed by atoms with E-state index in [1.54, 1.807) is 0 Å². The van der Waals surface area contributed by atoms with E-state index in [-0.39, 0.29) is 17.7 Å². The molecule has 0 aliphatic carbocycles. The number of nitrogens with zero attached hydrogens (tertiary/aromatic N) is 2. The Hall–Kier alpha value is -1.13. The lowest BCUT2D eigenvalue weighted by molar-refractivity contribution is -0.0751. The van der Waals surface area contributed by atoms with Gasteiger partial charge in [-0.15, -0.1) is 0 Å². The molecule has 2 atom stereocenters. The van der Waals surface area contributed by atoms with Crippen LogP contribution in [0, 0.1) is 0 Å². The summed E-state index contributed by atoms with van der Waals surface area (Å²) in [5.74, 6) is 0.994. The molecule has 2 rings (SSSR count). The van der Waals surface area contributed by atoms with Gasteiger partial charge in [0.05, 0.1) is 11.7 Å². The van der Waals surface area contributed by atoms with Gasteiger partial charge in [-0.3, -0.25) is 0 Å². The summed E-state index contributed by atoms with van der Waals surface area (Å²) in [5.41, 5.74) is 6.91. The molecule has 1 aromatic rings. The van der Waals surface area contributed by atoms with Gasteiger partial charge in [0.1, 0.15) is 5.82 Å². The second kappa shape index (κ2) is 4.86. The molecule has 1 aliphatic heterocycles. The Morgan fingerprint density at radius 1 is 1.56 bits per heavy atom. The van der Waals surface area contributed by atoms with E-state index < -0.39 is 0 Å². The smallest absolute Gasteiger partial charge is 0.128 e. The van der Waals surface area contributed by atoms with Crippen LogP contribution >= 0.6 is 0 Å². The van der Waals surface area contributed by atoms with Gasteiger partial charge in [-0.25, -0.2) is 4.98 Å². The lowest BCUT2D eigenvalue weighted by Crippen LogP contribution is -2.52. The zero-order valence-electron chi connectivity index (χ0n) is 11.7. The summed E-state index contributed by atoms with van der Waals surface area (Å²) in [5, 5.41) is 0. The highest BCUT2D eigenvalue weighted by atomic mass is 16.5. The van der Waals surface area contributed by atoms with Gasteiger partial charge in [0.25, 0.3) is 0 Å². The zero-order chi connectivity index (χ0) is 13.3. The highest BCUT2D eigenvalue weighted by Crippen LogP contribution is 2.25. The van der Waals surface area contributed by atoms with Gasteiger partial charge in [0, 0.05) is 25.3 Å². The largest absolute Gasteiger partial charge is 0.369 e. The number of morpholine rings is 1. The number of hydrogen-bond acceptors (Lipinski definition) is 4. The van der Waals surface area contributed by atoms with Gasteiger partial charge in [0.15, 0.2) is 0 Å². The van der Waals surface area contributed by atoms with Crippen molar-refractivity contribution in [1.29, 1.82) is 0 Å². The molecule has 0 spiro atoms. The molecule has 0 aromatic carbocycles.